The van der Waals surface area contributed by atoms with E-state index in [0.29, 0.717) is 55.3 Å². The predicted molar refractivity (Wildman–Crippen MR) is 178 cm³/mol. The number of amides is 1. The van der Waals surface area contributed by atoms with Gasteiger partial charge in [-0.05, 0) is 43.5 Å². The maximum Gasteiger partial charge on any atom is 0.418 e. The van der Waals surface area contributed by atoms with Gasteiger partial charge in [0.25, 0.3) is 5.91 Å². The summed E-state index contributed by atoms with van der Waals surface area (Å²) >= 11 is 12.7. The molecule has 1 amide bonds. The Morgan fingerprint density at radius 2 is 2.00 bits per heavy atom. The lowest BCUT2D eigenvalue weighted by molar-refractivity contribution is -0.139. The number of nitrogen functional groups attached to an aromatic ring is 1. The first-order valence-electron chi connectivity index (χ1n) is 16.0. The van der Waals surface area contributed by atoms with E-state index in [1.165, 1.54) is 11.0 Å². The van der Waals surface area contributed by atoms with Crippen LogP contribution in [0, 0.1) is 0 Å². The van der Waals surface area contributed by atoms with E-state index in [0.717, 1.165) is 25.5 Å². The number of halogens is 6. The zero-order valence-electron chi connectivity index (χ0n) is 27.1. The minimum absolute atomic E-state index is 0.00580. The number of fused-ring (bicyclic) bond motifs is 2. The average Bonchev–Trinajstić information content (AvgIpc) is 3.44. The fraction of sp³-hybridized carbons (Fsp3) is 0.562. The number of carbonyl (C=O) groups is 1. The molecule has 5 heterocycles. The van der Waals surface area contributed by atoms with Crippen LogP contribution in [0.4, 0.5) is 29.1 Å². The highest BCUT2D eigenvalue weighted by atomic mass is 35.5. The molecule has 11 nitrogen and oxygen atoms in total. The standard InChI is InChI=1S/C32H38Cl2F4N8O3/c1-44(2)29(47)27(40)26(34)23-14-45(7-4-6-41-23)28-20-15-48-24(19-9-18(39)10-21(33)25(19)32(36,37)38)11-22(20)42-30(43-28)49-16-31-5-3-8-46(31)13-17(35)12-31/h9-10,17,24H,3-8,11-16,39-40H2,1-2H3/b27-26+/t17-,24+,31+/m1/s1. The van der Waals surface area contributed by atoms with Crippen molar-refractivity contribution in [3.05, 3.63) is 50.3 Å². The largest absolute Gasteiger partial charge is 0.461 e. The third kappa shape index (κ3) is 7.12. The summed E-state index contributed by atoms with van der Waals surface area (Å²) in [6.45, 7) is 2.12. The number of alkyl halides is 4. The maximum absolute atomic E-state index is 14.5. The van der Waals surface area contributed by atoms with Gasteiger partial charge in [-0.1, -0.05) is 23.2 Å². The van der Waals surface area contributed by atoms with Crippen molar-refractivity contribution >= 4 is 46.3 Å². The maximum atomic E-state index is 14.5. The Kier molecular flexibility index (Phi) is 9.92. The lowest BCUT2D eigenvalue weighted by Crippen LogP contribution is -2.43. The van der Waals surface area contributed by atoms with Gasteiger partial charge in [-0.15, -0.1) is 0 Å². The topological polar surface area (TPSA) is 135 Å². The van der Waals surface area contributed by atoms with Gasteiger partial charge >= 0.3 is 12.2 Å². The summed E-state index contributed by atoms with van der Waals surface area (Å²) < 4.78 is 69.5. The third-order valence-corrected chi connectivity index (χ3v) is 10.2. The highest BCUT2D eigenvalue weighted by Crippen LogP contribution is 2.45. The van der Waals surface area contributed by atoms with Crippen molar-refractivity contribution in [3.63, 3.8) is 0 Å². The molecule has 0 saturated carbocycles. The molecular formula is C32H38Cl2F4N8O3. The van der Waals surface area contributed by atoms with Crippen LogP contribution >= 0.6 is 23.2 Å². The summed E-state index contributed by atoms with van der Waals surface area (Å²) in [5.74, 6) is -0.0482. The van der Waals surface area contributed by atoms with E-state index in [9.17, 15) is 22.4 Å². The summed E-state index contributed by atoms with van der Waals surface area (Å²) in [5, 5.41) is -0.511. The second-order valence-corrected chi connectivity index (χ2v) is 13.9. The van der Waals surface area contributed by atoms with Crippen LogP contribution in [0.15, 0.2) is 27.9 Å². The molecule has 0 unspecified atom stereocenters. The van der Waals surface area contributed by atoms with Crippen molar-refractivity contribution < 1.29 is 31.8 Å². The zero-order chi connectivity index (χ0) is 35.2. The Labute approximate surface area is 291 Å². The Hall–Kier alpha value is -3.40. The molecule has 3 atom stereocenters. The first-order valence-corrected chi connectivity index (χ1v) is 16.8. The fourth-order valence-corrected chi connectivity index (χ4v) is 7.74. The molecule has 4 aliphatic heterocycles. The van der Waals surface area contributed by atoms with Crippen molar-refractivity contribution in [2.45, 2.75) is 62.7 Å². The number of rotatable bonds is 7. The lowest BCUT2D eigenvalue weighted by Gasteiger charge is -2.33. The van der Waals surface area contributed by atoms with Gasteiger partial charge in [-0.25, -0.2) is 4.39 Å². The minimum atomic E-state index is -4.76. The summed E-state index contributed by atoms with van der Waals surface area (Å²) in [6.07, 6.45) is -4.26. The van der Waals surface area contributed by atoms with Crippen molar-refractivity contribution in [1.29, 1.82) is 0 Å². The summed E-state index contributed by atoms with van der Waals surface area (Å²) in [6, 6.07) is 2.28. The van der Waals surface area contributed by atoms with E-state index in [1.54, 1.807) is 14.1 Å². The van der Waals surface area contributed by atoms with Crippen LogP contribution < -0.4 is 21.1 Å². The predicted octanol–water partition coefficient (Wildman–Crippen LogP) is 4.65. The molecule has 4 aliphatic rings. The van der Waals surface area contributed by atoms with Crippen LogP contribution in [0.5, 0.6) is 6.01 Å². The number of hydrogen-bond acceptors (Lipinski definition) is 10. The smallest absolute Gasteiger partial charge is 0.418 e. The SMILES string of the molecule is CN(C)C(=O)/C(N)=C(\Cl)C1=NCCCN(c2nc(OC[C@@]34CCCN3C[C@H](F)C4)nc3c2CO[C@H](c2cc(N)cc(Cl)c2C(F)(F)F)C3)C1. The van der Waals surface area contributed by atoms with E-state index in [1.807, 2.05) is 4.90 Å². The number of nitrogens with two attached hydrogens (primary N) is 2. The van der Waals surface area contributed by atoms with Crippen LogP contribution in [-0.4, -0.2) is 96.5 Å². The number of hydrogen-bond donors (Lipinski definition) is 2. The Bertz CT molecular complexity index is 1690. The van der Waals surface area contributed by atoms with Crippen LogP contribution in [0.25, 0.3) is 0 Å². The molecule has 2 fully saturated rings. The van der Waals surface area contributed by atoms with Crippen LogP contribution in [0.1, 0.15) is 54.2 Å². The molecule has 0 aliphatic carbocycles. The van der Waals surface area contributed by atoms with Gasteiger partial charge in [0.05, 0.1) is 51.8 Å². The Morgan fingerprint density at radius 3 is 2.73 bits per heavy atom. The van der Waals surface area contributed by atoms with E-state index >= 15 is 0 Å². The van der Waals surface area contributed by atoms with Gasteiger partial charge in [0.1, 0.15) is 24.3 Å². The number of nitrogens with zero attached hydrogens (tertiary/aromatic N) is 6. The molecule has 17 heteroatoms. The Morgan fingerprint density at radius 1 is 1.22 bits per heavy atom. The van der Waals surface area contributed by atoms with Gasteiger partial charge in [-0.3, -0.25) is 14.7 Å². The number of aromatic nitrogens is 2. The second-order valence-electron chi connectivity index (χ2n) is 13.1. The molecule has 1 aromatic heterocycles. The van der Waals surface area contributed by atoms with Crippen molar-refractivity contribution in [2.24, 2.45) is 10.7 Å². The highest BCUT2D eigenvalue weighted by molar-refractivity contribution is 6.45. The summed E-state index contributed by atoms with van der Waals surface area (Å²) in [7, 11) is 3.11. The van der Waals surface area contributed by atoms with Gasteiger partial charge in [0.15, 0.2) is 0 Å². The number of carbonyl (C=O) groups excluding carboxylic acids is 1. The first-order chi connectivity index (χ1) is 23.2. The normalized spacial score (nSPS) is 24.9. The van der Waals surface area contributed by atoms with Gasteiger partial charge in [0, 0.05) is 57.8 Å². The molecule has 49 heavy (non-hydrogen) atoms. The molecule has 4 N–H and O–H groups in total. The van der Waals surface area contributed by atoms with Gasteiger partial charge < -0.3 is 30.7 Å². The van der Waals surface area contributed by atoms with E-state index < -0.39 is 40.5 Å². The molecule has 1 aromatic carbocycles. The summed E-state index contributed by atoms with van der Waals surface area (Å²) in [5.41, 5.74) is 11.6. The van der Waals surface area contributed by atoms with Crippen molar-refractivity contribution in [1.82, 2.24) is 19.8 Å². The van der Waals surface area contributed by atoms with E-state index in [-0.39, 0.29) is 54.2 Å². The van der Waals surface area contributed by atoms with Gasteiger partial charge in [0.2, 0.25) is 0 Å². The zero-order valence-corrected chi connectivity index (χ0v) is 28.6. The van der Waals surface area contributed by atoms with E-state index in [4.69, 9.17) is 49.1 Å². The molecule has 0 bridgehead atoms. The molecular weight excluding hydrogens is 691 g/mol. The minimum Gasteiger partial charge on any atom is -0.461 e. The average molecular weight is 730 g/mol. The summed E-state index contributed by atoms with van der Waals surface area (Å²) in [4.78, 5) is 31.9. The fourth-order valence-electron chi connectivity index (χ4n) is 7.20. The van der Waals surface area contributed by atoms with Crippen LogP contribution in [0.2, 0.25) is 5.02 Å². The number of ether oxygens (including phenoxy) is 2. The number of aliphatic imine (C=N–C) groups is 1. The van der Waals surface area contributed by atoms with Crippen LogP contribution in [0.3, 0.4) is 0 Å². The number of anilines is 2. The molecule has 2 aromatic rings. The molecule has 2 saturated heterocycles. The molecule has 266 valence electrons. The van der Waals surface area contributed by atoms with Gasteiger partial charge in [-0.2, -0.15) is 23.1 Å². The third-order valence-electron chi connectivity index (χ3n) is 9.52. The Balaban J connectivity index is 1.38. The monoisotopic (exact) mass is 728 g/mol. The highest BCUT2D eigenvalue weighted by Gasteiger charge is 2.49. The van der Waals surface area contributed by atoms with Crippen molar-refractivity contribution in [2.75, 3.05) is 64.1 Å². The lowest BCUT2D eigenvalue weighted by atomic mass is 9.94. The molecule has 6 rings (SSSR count). The number of likely N-dealkylation sites (N-methyl/N-ethyl adjacent to an activating group) is 1. The quantitative estimate of drug-likeness (QED) is 0.237. The molecule has 0 radical (unpaired) electrons. The van der Waals surface area contributed by atoms with Crippen LogP contribution in [-0.2, 0) is 28.7 Å². The van der Waals surface area contributed by atoms with Crippen molar-refractivity contribution in [3.8, 4) is 6.01 Å². The second kappa shape index (κ2) is 13.7. The first kappa shape index (κ1) is 35.4. The molecule has 0 spiro atoms. The number of benzene rings is 1. The van der Waals surface area contributed by atoms with E-state index in [2.05, 4.69) is 14.9 Å².